The third-order valence-corrected chi connectivity index (χ3v) is 3.22. The number of benzene rings is 1. The molecule has 0 heterocycles. The Balaban J connectivity index is 2.89. The molecule has 2 N–H and O–H groups in total. The van der Waals surface area contributed by atoms with Gasteiger partial charge in [0.05, 0.1) is 6.42 Å². The maximum atomic E-state index is 11.1. The van der Waals surface area contributed by atoms with Gasteiger partial charge in [0, 0.05) is 12.6 Å². The molecule has 0 bridgehead atoms. The number of nitrogens with zero attached hydrogens (tertiary/aromatic N) is 1. The van der Waals surface area contributed by atoms with Gasteiger partial charge in [-0.05, 0) is 19.4 Å². The Kier molecular flexibility index (Phi) is 5.51. The van der Waals surface area contributed by atoms with E-state index >= 15 is 0 Å². The van der Waals surface area contributed by atoms with Crippen molar-refractivity contribution in [2.45, 2.75) is 32.4 Å². The van der Waals surface area contributed by atoms with Crippen LogP contribution in [0.4, 0.5) is 0 Å². The van der Waals surface area contributed by atoms with Gasteiger partial charge in [0.2, 0.25) is 0 Å². The van der Waals surface area contributed by atoms with E-state index in [0.717, 1.165) is 5.56 Å². The van der Waals surface area contributed by atoms with Gasteiger partial charge in [-0.1, -0.05) is 30.3 Å². The molecule has 1 aromatic rings. The molecule has 0 fully saturated rings. The van der Waals surface area contributed by atoms with Crippen LogP contribution in [0, 0.1) is 0 Å². The van der Waals surface area contributed by atoms with E-state index in [-0.39, 0.29) is 19.0 Å². The molecule has 19 heavy (non-hydrogen) atoms. The molecule has 1 aromatic carbocycles. The third-order valence-electron chi connectivity index (χ3n) is 3.22. The summed E-state index contributed by atoms with van der Waals surface area (Å²) in [5.41, 5.74) is 0.973. The molecule has 1 rings (SSSR count). The minimum absolute atomic E-state index is 0.0746. The molecule has 0 spiro atoms. The molecule has 0 radical (unpaired) electrons. The fourth-order valence-electron chi connectivity index (χ4n) is 2.01. The van der Waals surface area contributed by atoms with Gasteiger partial charge in [-0.25, -0.2) is 0 Å². The predicted molar refractivity (Wildman–Crippen MR) is 70.9 cm³/mol. The number of carboxylic acid groups (broad SMARTS) is 2. The SMILES string of the molecule is CC(C(=O)O)N(CCC(=O)O)C(C)c1ccccc1. The molecular formula is C14H19NO4. The van der Waals surface area contributed by atoms with Crippen LogP contribution >= 0.6 is 0 Å². The molecule has 0 saturated heterocycles. The Hall–Kier alpha value is -1.88. The summed E-state index contributed by atoms with van der Waals surface area (Å²) in [6, 6.07) is 8.60. The highest BCUT2D eigenvalue weighted by atomic mass is 16.4. The average molecular weight is 265 g/mol. The van der Waals surface area contributed by atoms with Gasteiger partial charge < -0.3 is 10.2 Å². The molecular weight excluding hydrogens is 246 g/mol. The van der Waals surface area contributed by atoms with Crippen molar-refractivity contribution in [3.05, 3.63) is 35.9 Å². The summed E-state index contributed by atoms with van der Waals surface area (Å²) in [4.78, 5) is 23.5. The van der Waals surface area contributed by atoms with Crippen molar-refractivity contribution in [1.29, 1.82) is 0 Å². The second kappa shape index (κ2) is 6.89. The van der Waals surface area contributed by atoms with Crippen molar-refractivity contribution < 1.29 is 19.8 Å². The summed E-state index contributed by atoms with van der Waals surface area (Å²) < 4.78 is 0. The lowest BCUT2D eigenvalue weighted by Crippen LogP contribution is -2.41. The lowest BCUT2D eigenvalue weighted by Gasteiger charge is -2.32. The summed E-state index contributed by atoms with van der Waals surface area (Å²) >= 11 is 0. The molecule has 0 aliphatic rings. The van der Waals surface area contributed by atoms with E-state index in [4.69, 9.17) is 10.2 Å². The Bertz CT molecular complexity index is 432. The maximum Gasteiger partial charge on any atom is 0.320 e. The summed E-state index contributed by atoms with van der Waals surface area (Å²) in [7, 11) is 0. The molecule has 5 heteroatoms. The van der Waals surface area contributed by atoms with Crippen LogP contribution in [0.5, 0.6) is 0 Å². The first kappa shape index (κ1) is 15.2. The van der Waals surface area contributed by atoms with Crippen LogP contribution in [0.15, 0.2) is 30.3 Å². The quantitative estimate of drug-likeness (QED) is 0.788. The van der Waals surface area contributed by atoms with E-state index in [2.05, 4.69) is 0 Å². The zero-order valence-corrected chi connectivity index (χ0v) is 11.1. The number of hydrogen-bond donors (Lipinski definition) is 2. The van der Waals surface area contributed by atoms with Crippen molar-refractivity contribution in [1.82, 2.24) is 4.90 Å². The summed E-state index contributed by atoms with van der Waals surface area (Å²) in [5.74, 6) is -1.88. The maximum absolute atomic E-state index is 11.1. The van der Waals surface area contributed by atoms with Crippen LogP contribution in [-0.2, 0) is 9.59 Å². The van der Waals surface area contributed by atoms with E-state index in [1.54, 1.807) is 11.8 Å². The number of hydrogen-bond acceptors (Lipinski definition) is 3. The minimum Gasteiger partial charge on any atom is -0.481 e. The van der Waals surface area contributed by atoms with Crippen LogP contribution in [-0.4, -0.2) is 39.6 Å². The summed E-state index contributed by atoms with van der Waals surface area (Å²) in [6.07, 6.45) is -0.0746. The van der Waals surface area contributed by atoms with Gasteiger partial charge in [0.15, 0.2) is 0 Å². The van der Waals surface area contributed by atoms with Crippen molar-refractivity contribution in [3.8, 4) is 0 Å². The van der Waals surface area contributed by atoms with E-state index in [0.29, 0.717) is 0 Å². The molecule has 2 atom stereocenters. The van der Waals surface area contributed by atoms with Crippen molar-refractivity contribution in [2.75, 3.05) is 6.54 Å². The van der Waals surface area contributed by atoms with Gasteiger partial charge in [0.25, 0.3) is 0 Å². The van der Waals surface area contributed by atoms with Gasteiger partial charge in [-0.3, -0.25) is 14.5 Å². The zero-order chi connectivity index (χ0) is 14.4. The normalized spacial score (nSPS) is 14.1. The first-order valence-electron chi connectivity index (χ1n) is 6.18. The number of aliphatic carboxylic acids is 2. The zero-order valence-electron chi connectivity index (χ0n) is 11.1. The van der Waals surface area contributed by atoms with Gasteiger partial charge >= 0.3 is 11.9 Å². The Morgan fingerprint density at radius 2 is 1.74 bits per heavy atom. The Morgan fingerprint density at radius 1 is 1.16 bits per heavy atom. The van der Waals surface area contributed by atoms with Crippen LogP contribution < -0.4 is 0 Å². The van der Waals surface area contributed by atoms with Crippen molar-refractivity contribution in [3.63, 3.8) is 0 Å². The fourth-order valence-corrected chi connectivity index (χ4v) is 2.01. The molecule has 0 aliphatic heterocycles. The van der Waals surface area contributed by atoms with Gasteiger partial charge in [-0.2, -0.15) is 0 Å². The van der Waals surface area contributed by atoms with Crippen LogP contribution in [0.3, 0.4) is 0 Å². The van der Waals surface area contributed by atoms with Crippen LogP contribution in [0.2, 0.25) is 0 Å². The first-order valence-corrected chi connectivity index (χ1v) is 6.18. The van der Waals surface area contributed by atoms with Crippen molar-refractivity contribution >= 4 is 11.9 Å². The molecule has 0 aliphatic carbocycles. The van der Waals surface area contributed by atoms with Crippen LogP contribution in [0.25, 0.3) is 0 Å². The molecule has 0 aromatic heterocycles. The molecule has 0 saturated carbocycles. The topological polar surface area (TPSA) is 77.8 Å². The number of carbonyl (C=O) groups is 2. The number of carboxylic acids is 2. The molecule has 2 unspecified atom stereocenters. The second-order valence-corrected chi connectivity index (χ2v) is 4.48. The summed E-state index contributed by atoms with van der Waals surface area (Å²) in [5, 5.41) is 17.9. The highest BCUT2D eigenvalue weighted by molar-refractivity contribution is 5.73. The standard InChI is InChI=1S/C14H19NO4/c1-10(12-6-4-3-5-7-12)15(9-8-13(16)17)11(2)14(18)19/h3-7,10-11H,8-9H2,1-2H3,(H,16,17)(H,18,19). The monoisotopic (exact) mass is 265 g/mol. The Morgan fingerprint density at radius 3 is 2.21 bits per heavy atom. The van der Waals surface area contributed by atoms with E-state index < -0.39 is 18.0 Å². The molecule has 5 nitrogen and oxygen atoms in total. The lowest BCUT2D eigenvalue weighted by atomic mass is 10.0. The lowest BCUT2D eigenvalue weighted by molar-refractivity contribution is -0.145. The van der Waals surface area contributed by atoms with E-state index in [9.17, 15) is 9.59 Å². The average Bonchev–Trinajstić information content (AvgIpc) is 2.39. The fraction of sp³-hybridized carbons (Fsp3) is 0.429. The van der Waals surface area contributed by atoms with E-state index in [1.165, 1.54) is 0 Å². The highest BCUT2D eigenvalue weighted by Crippen LogP contribution is 2.22. The first-order chi connectivity index (χ1) is 8.93. The Labute approximate surface area is 112 Å². The predicted octanol–water partition coefficient (Wildman–Crippen LogP) is 2.00. The number of rotatable bonds is 7. The minimum atomic E-state index is -0.951. The van der Waals surface area contributed by atoms with Gasteiger partial charge in [-0.15, -0.1) is 0 Å². The smallest absolute Gasteiger partial charge is 0.320 e. The van der Waals surface area contributed by atoms with Crippen molar-refractivity contribution in [2.24, 2.45) is 0 Å². The third kappa shape index (κ3) is 4.37. The summed E-state index contributed by atoms with van der Waals surface area (Å²) in [6.45, 7) is 3.67. The second-order valence-electron chi connectivity index (χ2n) is 4.48. The van der Waals surface area contributed by atoms with Crippen LogP contribution in [0.1, 0.15) is 31.9 Å². The molecule has 0 amide bonds. The molecule has 104 valence electrons. The van der Waals surface area contributed by atoms with E-state index in [1.807, 2.05) is 37.3 Å². The van der Waals surface area contributed by atoms with Gasteiger partial charge in [0.1, 0.15) is 6.04 Å². The highest BCUT2D eigenvalue weighted by Gasteiger charge is 2.26. The largest absolute Gasteiger partial charge is 0.481 e.